The molecule has 1 aromatic rings. The van der Waals surface area contributed by atoms with Gasteiger partial charge in [-0.05, 0) is 37.7 Å². The summed E-state index contributed by atoms with van der Waals surface area (Å²) in [6.45, 7) is 3.76. The van der Waals surface area contributed by atoms with Gasteiger partial charge < -0.3 is 5.32 Å². The first-order chi connectivity index (χ1) is 7.26. The van der Waals surface area contributed by atoms with Gasteiger partial charge in [-0.15, -0.1) is 18.3 Å². The van der Waals surface area contributed by atoms with E-state index in [4.69, 9.17) is 0 Å². The molecule has 0 aliphatic heterocycles. The van der Waals surface area contributed by atoms with Crippen LogP contribution in [-0.2, 0) is 0 Å². The van der Waals surface area contributed by atoms with Gasteiger partial charge in [-0.1, -0.05) is 22.0 Å². The molecule has 0 saturated heterocycles. The van der Waals surface area contributed by atoms with Gasteiger partial charge in [-0.3, -0.25) is 0 Å². The van der Waals surface area contributed by atoms with Crippen molar-refractivity contribution in [1.29, 1.82) is 0 Å². The summed E-state index contributed by atoms with van der Waals surface area (Å²) in [5, 5.41) is 3.28. The Morgan fingerprint density at radius 1 is 1.47 bits per heavy atom. The first-order valence-electron chi connectivity index (χ1n) is 4.92. The lowest BCUT2D eigenvalue weighted by Gasteiger charge is -2.13. The minimum atomic E-state index is 0.510. The highest BCUT2D eigenvalue weighted by molar-refractivity contribution is 9.10. The zero-order valence-electron chi connectivity index (χ0n) is 8.87. The molecule has 0 heterocycles. The fourth-order valence-electron chi connectivity index (χ4n) is 1.20. The molecule has 0 aliphatic carbocycles. The molecule has 15 heavy (non-hydrogen) atoms. The van der Waals surface area contributed by atoms with E-state index in [1.165, 1.54) is 4.90 Å². The number of rotatable bonds is 6. The molecule has 3 heteroatoms. The minimum Gasteiger partial charge on any atom is -0.316 e. The second-order valence-corrected chi connectivity index (χ2v) is 5.28. The quantitative estimate of drug-likeness (QED) is 0.632. The molecule has 0 saturated carbocycles. The molecule has 1 unspecified atom stereocenters. The SMILES string of the molecule is C=CCC(CSc1ccc(Br)cc1)NC. The van der Waals surface area contributed by atoms with Crippen LogP contribution in [0.3, 0.4) is 0 Å². The van der Waals surface area contributed by atoms with Crippen LogP contribution in [0, 0.1) is 0 Å². The second-order valence-electron chi connectivity index (χ2n) is 3.27. The standard InChI is InChI=1S/C12H16BrNS/c1-3-4-11(14-2)9-15-12-7-5-10(13)6-8-12/h3,5-8,11,14H,1,4,9H2,2H3. The lowest BCUT2D eigenvalue weighted by molar-refractivity contribution is 0.629. The largest absolute Gasteiger partial charge is 0.316 e. The summed E-state index contributed by atoms with van der Waals surface area (Å²) in [5.41, 5.74) is 0. The lowest BCUT2D eigenvalue weighted by Crippen LogP contribution is -2.26. The van der Waals surface area contributed by atoms with E-state index in [0.29, 0.717) is 6.04 Å². The fraction of sp³-hybridized carbons (Fsp3) is 0.333. The Morgan fingerprint density at radius 3 is 2.67 bits per heavy atom. The summed E-state index contributed by atoms with van der Waals surface area (Å²) in [6, 6.07) is 8.93. The van der Waals surface area contributed by atoms with Crippen molar-refractivity contribution in [2.24, 2.45) is 0 Å². The number of hydrogen-bond acceptors (Lipinski definition) is 2. The summed E-state index contributed by atoms with van der Waals surface area (Å²) < 4.78 is 1.13. The van der Waals surface area contributed by atoms with E-state index in [9.17, 15) is 0 Å². The van der Waals surface area contributed by atoms with Crippen LogP contribution in [0.2, 0.25) is 0 Å². The highest BCUT2D eigenvalue weighted by Gasteiger charge is 2.04. The third-order valence-corrected chi connectivity index (χ3v) is 3.83. The number of benzene rings is 1. The summed E-state index contributed by atoms with van der Waals surface area (Å²) in [6.07, 6.45) is 2.98. The van der Waals surface area contributed by atoms with Crippen molar-refractivity contribution in [1.82, 2.24) is 5.32 Å². The number of thioether (sulfide) groups is 1. The Balaban J connectivity index is 2.41. The van der Waals surface area contributed by atoms with E-state index in [1.54, 1.807) is 0 Å². The van der Waals surface area contributed by atoms with Crippen LogP contribution in [0.5, 0.6) is 0 Å². The lowest BCUT2D eigenvalue weighted by atomic mass is 10.2. The highest BCUT2D eigenvalue weighted by atomic mass is 79.9. The molecule has 0 amide bonds. The van der Waals surface area contributed by atoms with Gasteiger partial charge in [-0.25, -0.2) is 0 Å². The normalized spacial score (nSPS) is 12.4. The molecule has 1 rings (SSSR count). The first-order valence-corrected chi connectivity index (χ1v) is 6.70. The molecule has 0 bridgehead atoms. The van der Waals surface area contributed by atoms with Crippen molar-refractivity contribution in [3.05, 3.63) is 41.4 Å². The van der Waals surface area contributed by atoms with E-state index in [0.717, 1.165) is 16.6 Å². The predicted octanol–water partition coefficient (Wildman–Crippen LogP) is 3.71. The average Bonchev–Trinajstić information content (AvgIpc) is 2.26. The molecular formula is C12H16BrNS. The monoisotopic (exact) mass is 285 g/mol. The van der Waals surface area contributed by atoms with Gasteiger partial charge in [0.1, 0.15) is 0 Å². The average molecular weight is 286 g/mol. The van der Waals surface area contributed by atoms with Crippen LogP contribution < -0.4 is 5.32 Å². The molecule has 0 spiro atoms. The first kappa shape index (κ1) is 12.8. The zero-order valence-corrected chi connectivity index (χ0v) is 11.3. The molecule has 0 aliphatic rings. The Labute approximate surface area is 104 Å². The Kier molecular flexibility index (Phi) is 6.06. The topological polar surface area (TPSA) is 12.0 Å². The van der Waals surface area contributed by atoms with Crippen LogP contribution in [0.15, 0.2) is 46.3 Å². The van der Waals surface area contributed by atoms with E-state index in [-0.39, 0.29) is 0 Å². The summed E-state index contributed by atoms with van der Waals surface area (Å²) >= 11 is 5.30. The number of hydrogen-bond donors (Lipinski definition) is 1. The Hall–Kier alpha value is -0.250. The van der Waals surface area contributed by atoms with Crippen molar-refractivity contribution < 1.29 is 0 Å². The number of nitrogens with one attached hydrogen (secondary N) is 1. The van der Waals surface area contributed by atoms with Crippen molar-refractivity contribution >= 4 is 27.7 Å². The zero-order chi connectivity index (χ0) is 11.1. The molecule has 1 N–H and O–H groups in total. The van der Waals surface area contributed by atoms with Gasteiger partial charge in [0.15, 0.2) is 0 Å². The van der Waals surface area contributed by atoms with Crippen LogP contribution in [0.1, 0.15) is 6.42 Å². The van der Waals surface area contributed by atoms with Crippen molar-refractivity contribution in [3.8, 4) is 0 Å². The van der Waals surface area contributed by atoms with Gasteiger partial charge >= 0.3 is 0 Å². The van der Waals surface area contributed by atoms with Crippen LogP contribution in [-0.4, -0.2) is 18.8 Å². The van der Waals surface area contributed by atoms with Crippen LogP contribution >= 0.6 is 27.7 Å². The van der Waals surface area contributed by atoms with Gasteiger partial charge in [0.25, 0.3) is 0 Å². The molecule has 1 aromatic carbocycles. The molecule has 0 fully saturated rings. The molecular weight excluding hydrogens is 270 g/mol. The molecule has 0 radical (unpaired) electrons. The Morgan fingerprint density at radius 2 is 2.13 bits per heavy atom. The maximum Gasteiger partial charge on any atom is 0.0193 e. The van der Waals surface area contributed by atoms with Gasteiger partial charge in [0.2, 0.25) is 0 Å². The maximum atomic E-state index is 3.76. The van der Waals surface area contributed by atoms with Gasteiger partial charge in [0, 0.05) is 21.2 Å². The molecule has 0 aromatic heterocycles. The second kappa shape index (κ2) is 7.09. The maximum absolute atomic E-state index is 3.76. The van der Waals surface area contributed by atoms with Crippen LogP contribution in [0.25, 0.3) is 0 Å². The number of halogens is 1. The minimum absolute atomic E-state index is 0.510. The van der Waals surface area contributed by atoms with E-state index >= 15 is 0 Å². The predicted molar refractivity (Wildman–Crippen MR) is 72.5 cm³/mol. The highest BCUT2D eigenvalue weighted by Crippen LogP contribution is 2.21. The van der Waals surface area contributed by atoms with Crippen LogP contribution in [0.4, 0.5) is 0 Å². The van der Waals surface area contributed by atoms with Crippen molar-refractivity contribution in [3.63, 3.8) is 0 Å². The molecule has 1 atom stereocenters. The smallest absolute Gasteiger partial charge is 0.0193 e. The van der Waals surface area contributed by atoms with Gasteiger partial charge in [0.05, 0.1) is 0 Å². The molecule has 82 valence electrons. The third-order valence-electron chi connectivity index (χ3n) is 2.12. The van der Waals surface area contributed by atoms with E-state index in [2.05, 4.69) is 52.1 Å². The summed E-state index contributed by atoms with van der Waals surface area (Å²) in [7, 11) is 2.00. The summed E-state index contributed by atoms with van der Waals surface area (Å²) in [4.78, 5) is 1.31. The third kappa shape index (κ3) is 4.87. The molecule has 1 nitrogen and oxygen atoms in total. The van der Waals surface area contributed by atoms with E-state index in [1.807, 2.05) is 24.9 Å². The van der Waals surface area contributed by atoms with Gasteiger partial charge in [-0.2, -0.15) is 0 Å². The summed E-state index contributed by atoms with van der Waals surface area (Å²) in [5.74, 6) is 1.07. The fourth-order valence-corrected chi connectivity index (χ4v) is 2.49. The van der Waals surface area contributed by atoms with Crippen molar-refractivity contribution in [2.75, 3.05) is 12.8 Å². The Bertz CT molecular complexity index is 297. The van der Waals surface area contributed by atoms with E-state index < -0.39 is 0 Å². The van der Waals surface area contributed by atoms with Crippen molar-refractivity contribution in [2.45, 2.75) is 17.4 Å².